The number of hydrogen-bond acceptors (Lipinski definition) is 6. The molecule has 0 aromatic heterocycles. The zero-order valence-electron chi connectivity index (χ0n) is 24.6. The summed E-state index contributed by atoms with van der Waals surface area (Å²) in [5.41, 5.74) is 2.60. The highest BCUT2D eigenvalue weighted by Gasteiger charge is 2.33. The normalized spacial score (nSPS) is 19.3. The van der Waals surface area contributed by atoms with Crippen LogP contribution in [0.25, 0.3) is 0 Å². The number of hydrogen-bond donors (Lipinski definition) is 0. The van der Waals surface area contributed by atoms with Crippen LogP contribution in [0.4, 0.5) is 10.5 Å². The van der Waals surface area contributed by atoms with E-state index in [1.165, 1.54) is 19.3 Å². The third-order valence-corrected chi connectivity index (χ3v) is 8.36. The van der Waals surface area contributed by atoms with Crippen LogP contribution in [-0.2, 0) is 22.5 Å². The van der Waals surface area contributed by atoms with E-state index in [2.05, 4.69) is 6.92 Å². The van der Waals surface area contributed by atoms with E-state index in [0.29, 0.717) is 69.7 Å². The largest absolute Gasteiger partial charge is 0.496 e. The number of anilines is 1. The second kappa shape index (κ2) is 13.5. The molecule has 0 unspecified atom stereocenters. The molecule has 0 radical (unpaired) electrons. The van der Waals surface area contributed by atoms with E-state index < -0.39 is 0 Å². The zero-order valence-corrected chi connectivity index (χ0v) is 24.6. The first-order valence-corrected chi connectivity index (χ1v) is 14.9. The van der Waals surface area contributed by atoms with Gasteiger partial charge in [-0.1, -0.05) is 25.0 Å². The van der Waals surface area contributed by atoms with Crippen molar-refractivity contribution in [2.24, 2.45) is 5.92 Å². The summed E-state index contributed by atoms with van der Waals surface area (Å²) in [7, 11) is 3.27. The number of carbonyl (C=O) groups is 2. The Bertz CT molecular complexity index is 1210. The van der Waals surface area contributed by atoms with Crippen LogP contribution in [0.3, 0.4) is 0 Å². The molecule has 3 amide bonds. The summed E-state index contributed by atoms with van der Waals surface area (Å²) >= 11 is 0. The maximum absolute atomic E-state index is 13.8. The Balaban J connectivity index is 1.26. The Kier molecular flexibility index (Phi) is 9.54. The molecule has 3 aliphatic rings. The van der Waals surface area contributed by atoms with E-state index in [1.54, 1.807) is 14.2 Å². The quantitative estimate of drug-likeness (QED) is 0.341. The fraction of sp³-hybridized carbons (Fsp3) is 0.562. The maximum atomic E-state index is 13.8. The summed E-state index contributed by atoms with van der Waals surface area (Å²) in [5.74, 6) is 2.98. The number of rotatable bonds is 12. The van der Waals surface area contributed by atoms with Crippen molar-refractivity contribution in [3.63, 3.8) is 0 Å². The summed E-state index contributed by atoms with van der Waals surface area (Å²) in [6.45, 7) is 6.18. The fourth-order valence-electron chi connectivity index (χ4n) is 5.59. The maximum Gasteiger partial charge on any atom is 0.325 e. The highest BCUT2D eigenvalue weighted by atomic mass is 16.5. The molecule has 2 aromatic rings. The minimum absolute atomic E-state index is 0.0535. The van der Waals surface area contributed by atoms with Crippen molar-refractivity contribution >= 4 is 17.6 Å². The third-order valence-electron chi connectivity index (χ3n) is 8.36. The van der Waals surface area contributed by atoms with Crippen LogP contribution in [0.2, 0.25) is 0 Å². The zero-order chi connectivity index (χ0) is 28.8. The van der Waals surface area contributed by atoms with Crippen LogP contribution in [0.5, 0.6) is 17.2 Å². The molecule has 1 saturated carbocycles. The van der Waals surface area contributed by atoms with Gasteiger partial charge in [-0.15, -0.1) is 0 Å². The average Bonchev–Trinajstić information content (AvgIpc) is 3.83. The van der Waals surface area contributed by atoms with Gasteiger partial charge in [0.05, 0.1) is 47.0 Å². The van der Waals surface area contributed by atoms with Gasteiger partial charge in [0.2, 0.25) is 5.91 Å². The standard InChI is InChI=1S/C32H43N3O6/c1-23-12-13-34(27-10-11-28(38-2)30(21-27)41-16-4-5-24-6-7-24)32(37)35(23)22-26-9-8-25(19-29(26)39-3)20-31(36)33-14-17-40-18-15-33/h8-11,19,21,23-24H,4-7,12-18,20,22H2,1-3H3/t23-/m0/s1. The Hall–Kier alpha value is -3.46. The highest BCUT2D eigenvalue weighted by Crippen LogP contribution is 2.36. The molecule has 3 fully saturated rings. The predicted octanol–water partition coefficient (Wildman–Crippen LogP) is 4.89. The average molecular weight is 566 g/mol. The summed E-state index contributed by atoms with van der Waals surface area (Å²) in [6.07, 6.45) is 6.06. The highest BCUT2D eigenvalue weighted by molar-refractivity contribution is 5.93. The van der Waals surface area contributed by atoms with Crippen molar-refractivity contribution in [1.82, 2.24) is 9.80 Å². The number of amides is 3. The lowest BCUT2D eigenvalue weighted by Gasteiger charge is -2.40. The lowest BCUT2D eigenvalue weighted by atomic mass is 10.0. The van der Waals surface area contributed by atoms with Gasteiger partial charge >= 0.3 is 6.03 Å². The fourth-order valence-corrected chi connectivity index (χ4v) is 5.59. The van der Waals surface area contributed by atoms with Crippen LogP contribution in [-0.4, -0.2) is 81.5 Å². The van der Waals surface area contributed by atoms with Crippen LogP contribution >= 0.6 is 0 Å². The Morgan fingerprint density at radius 2 is 1.73 bits per heavy atom. The van der Waals surface area contributed by atoms with Gasteiger partial charge in [0.25, 0.3) is 0 Å². The van der Waals surface area contributed by atoms with Crippen molar-refractivity contribution < 1.29 is 28.5 Å². The smallest absolute Gasteiger partial charge is 0.325 e. The van der Waals surface area contributed by atoms with Crippen molar-refractivity contribution in [2.45, 2.75) is 58.0 Å². The van der Waals surface area contributed by atoms with Gasteiger partial charge < -0.3 is 28.7 Å². The number of morpholine rings is 1. The molecule has 1 aliphatic carbocycles. The van der Waals surface area contributed by atoms with Crippen LogP contribution in [0.1, 0.15) is 50.2 Å². The van der Waals surface area contributed by atoms with E-state index in [9.17, 15) is 9.59 Å². The van der Waals surface area contributed by atoms with Gasteiger partial charge in [-0.25, -0.2) is 4.79 Å². The Morgan fingerprint density at radius 1 is 0.951 bits per heavy atom. The second-order valence-corrected chi connectivity index (χ2v) is 11.3. The summed E-state index contributed by atoms with van der Waals surface area (Å²) in [6, 6.07) is 11.6. The molecule has 222 valence electrons. The number of nitrogens with zero attached hydrogens (tertiary/aromatic N) is 3. The first-order valence-electron chi connectivity index (χ1n) is 14.9. The van der Waals surface area contributed by atoms with E-state index >= 15 is 0 Å². The van der Waals surface area contributed by atoms with Crippen molar-refractivity contribution in [3.8, 4) is 17.2 Å². The number of methoxy groups -OCH3 is 2. The van der Waals surface area contributed by atoms with E-state index in [1.807, 2.05) is 51.1 Å². The molecule has 9 nitrogen and oxygen atoms in total. The lowest BCUT2D eigenvalue weighted by Crippen LogP contribution is -2.53. The number of ether oxygens (including phenoxy) is 4. The van der Waals surface area contributed by atoms with Gasteiger partial charge in [0.15, 0.2) is 11.5 Å². The monoisotopic (exact) mass is 565 g/mol. The molecule has 2 saturated heterocycles. The Morgan fingerprint density at radius 3 is 2.46 bits per heavy atom. The molecule has 2 aliphatic heterocycles. The van der Waals surface area contributed by atoms with Crippen LogP contribution in [0, 0.1) is 5.92 Å². The van der Waals surface area contributed by atoms with Crippen molar-refractivity contribution in [1.29, 1.82) is 0 Å². The summed E-state index contributed by atoms with van der Waals surface area (Å²) in [5, 5.41) is 0. The predicted molar refractivity (Wildman–Crippen MR) is 157 cm³/mol. The minimum atomic E-state index is -0.0535. The molecule has 0 N–H and O–H groups in total. The molecular weight excluding hydrogens is 522 g/mol. The SMILES string of the molecule is COc1cc(CC(=O)N2CCOCC2)ccc1CN1C(=O)N(c2ccc(OC)c(OCCCC3CC3)c2)CC[C@@H]1C. The van der Waals surface area contributed by atoms with Gasteiger partial charge in [0, 0.05) is 43.0 Å². The summed E-state index contributed by atoms with van der Waals surface area (Å²) in [4.78, 5) is 32.1. The molecule has 9 heteroatoms. The van der Waals surface area contributed by atoms with Crippen molar-refractivity contribution in [3.05, 3.63) is 47.5 Å². The van der Waals surface area contributed by atoms with Gasteiger partial charge in [0.1, 0.15) is 5.75 Å². The van der Waals surface area contributed by atoms with E-state index in [-0.39, 0.29) is 18.0 Å². The topological polar surface area (TPSA) is 80.8 Å². The first kappa shape index (κ1) is 29.0. The summed E-state index contributed by atoms with van der Waals surface area (Å²) < 4.78 is 22.7. The van der Waals surface area contributed by atoms with Gasteiger partial charge in [-0.3, -0.25) is 9.69 Å². The van der Waals surface area contributed by atoms with Gasteiger partial charge in [-0.05, 0) is 55.9 Å². The number of benzene rings is 2. The first-order chi connectivity index (χ1) is 20.0. The van der Waals surface area contributed by atoms with Crippen LogP contribution in [0.15, 0.2) is 36.4 Å². The molecule has 0 bridgehead atoms. The van der Waals surface area contributed by atoms with E-state index in [0.717, 1.165) is 35.6 Å². The molecule has 41 heavy (non-hydrogen) atoms. The second-order valence-electron chi connectivity index (χ2n) is 11.3. The molecule has 2 aromatic carbocycles. The molecule has 5 rings (SSSR count). The third kappa shape index (κ3) is 7.25. The minimum Gasteiger partial charge on any atom is -0.496 e. The molecule has 2 heterocycles. The van der Waals surface area contributed by atoms with Gasteiger partial charge in [-0.2, -0.15) is 0 Å². The number of urea groups is 1. The molecule has 0 spiro atoms. The molecule has 1 atom stereocenters. The Labute approximate surface area is 243 Å². The lowest BCUT2D eigenvalue weighted by molar-refractivity contribution is -0.134. The number of carbonyl (C=O) groups excluding carboxylic acids is 2. The van der Waals surface area contributed by atoms with Crippen LogP contribution < -0.4 is 19.1 Å². The van der Waals surface area contributed by atoms with E-state index in [4.69, 9.17) is 18.9 Å². The van der Waals surface area contributed by atoms with Crippen molar-refractivity contribution in [2.75, 3.05) is 58.6 Å². The molecular formula is C32H43N3O6.